The zero-order valence-corrected chi connectivity index (χ0v) is 13.7. The van der Waals surface area contributed by atoms with Gasteiger partial charge in [-0.1, -0.05) is 16.8 Å². The minimum Gasteiger partial charge on any atom is -0.358 e. The van der Waals surface area contributed by atoms with Crippen LogP contribution in [0, 0.1) is 0 Å². The van der Waals surface area contributed by atoms with E-state index in [-0.39, 0.29) is 5.69 Å². The van der Waals surface area contributed by atoms with Crippen molar-refractivity contribution in [2.75, 3.05) is 30.2 Å². The van der Waals surface area contributed by atoms with E-state index in [1.807, 2.05) is 5.01 Å². The third-order valence-electron chi connectivity index (χ3n) is 3.57. The van der Waals surface area contributed by atoms with E-state index in [2.05, 4.69) is 20.6 Å². The topological polar surface area (TPSA) is 98.3 Å². The first-order chi connectivity index (χ1) is 12.2. The number of pyridine rings is 1. The van der Waals surface area contributed by atoms with Gasteiger partial charge in [-0.15, -0.1) is 0 Å². The molecule has 4 rings (SSSR count). The number of amides is 1. The highest BCUT2D eigenvalue weighted by Crippen LogP contribution is 2.20. The fraction of sp³-hybridized carbons (Fsp3) is 0.200. The normalized spacial score (nSPS) is 14.0. The lowest BCUT2D eigenvalue weighted by atomic mass is 10.2. The second kappa shape index (κ2) is 6.54. The van der Waals surface area contributed by atoms with Crippen LogP contribution in [0.4, 0.5) is 5.69 Å². The summed E-state index contributed by atoms with van der Waals surface area (Å²) in [6, 6.07) is 4.89. The van der Waals surface area contributed by atoms with Gasteiger partial charge in [-0.05, 0) is 12.1 Å². The minimum absolute atomic E-state index is 0.143. The van der Waals surface area contributed by atoms with Gasteiger partial charge in [0.05, 0.1) is 36.3 Å². The van der Waals surface area contributed by atoms with Crippen molar-refractivity contribution in [3.63, 3.8) is 0 Å². The van der Waals surface area contributed by atoms with E-state index in [1.54, 1.807) is 29.3 Å². The summed E-state index contributed by atoms with van der Waals surface area (Å²) in [5.74, 6) is -0.0205. The number of carbonyl (C=O) groups excluding carboxylic acids is 1. The van der Waals surface area contributed by atoms with Crippen molar-refractivity contribution >= 4 is 23.2 Å². The van der Waals surface area contributed by atoms with Gasteiger partial charge in [-0.3, -0.25) is 14.8 Å². The van der Waals surface area contributed by atoms with Crippen molar-refractivity contribution < 1.29 is 14.1 Å². The molecule has 0 spiro atoms. The molecule has 4 heterocycles. The van der Waals surface area contributed by atoms with Crippen molar-refractivity contribution in [3.05, 3.63) is 47.5 Å². The van der Waals surface area contributed by atoms with Crippen LogP contribution in [0.1, 0.15) is 10.5 Å². The molecule has 0 unspecified atom stereocenters. The summed E-state index contributed by atoms with van der Waals surface area (Å²) < 4.78 is 10.4. The molecule has 10 heteroatoms. The molecular formula is C15H13ClN6O3. The Kier molecular flexibility index (Phi) is 4.08. The van der Waals surface area contributed by atoms with Gasteiger partial charge in [0, 0.05) is 12.3 Å². The van der Waals surface area contributed by atoms with Crippen LogP contribution in [-0.2, 0) is 4.74 Å². The fourth-order valence-electron chi connectivity index (χ4n) is 2.32. The number of carbonyl (C=O) groups is 1. The van der Waals surface area contributed by atoms with E-state index in [4.69, 9.17) is 20.9 Å². The molecule has 1 N–H and O–H groups in total. The second-order valence-corrected chi connectivity index (χ2v) is 5.75. The molecule has 3 aromatic rings. The van der Waals surface area contributed by atoms with Crippen molar-refractivity contribution in [2.45, 2.75) is 0 Å². The highest BCUT2D eigenvalue weighted by molar-refractivity contribution is 6.30. The average Bonchev–Trinajstić information content (AvgIpc) is 3.36. The van der Waals surface area contributed by atoms with E-state index < -0.39 is 5.91 Å². The van der Waals surface area contributed by atoms with Crippen molar-refractivity contribution in [2.24, 2.45) is 0 Å². The zero-order valence-electron chi connectivity index (χ0n) is 12.9. The lowest BCUT2D eigenvalue weighted by Crippen LogP contribution is -2.32. The summed E-state index contributed by atoms with van der Waals surface area (Å²) >= 11 is 5.80. The first-order valence-electron chi connectivity index (χ1n) is 7.47. The lowest BCUT2D eigenvalue weighted by molar-refractivity contribution is 0.101. The van der Waals surface area contributed by atoms with Crippen molar-refractivity contribution in [1.82, 2.24) is 20.0 Å². The fourth-order valence-corrected chi connectivity index (χ4v) is 2.43. The van der Waals surface area contributed by atoms with E-state index in [1.165, 1.54) is 12.3 Å². The standard InChI is InChI=1S/C15H13ClN6O3/c16-10-1-2-12(17-6-10)14-5-13(20-25-14)15(23)19-11-7-18-22(8-11)21-3-4-24-9-21/h1-2,5-8H,3-4,9H2,(H,19,23). The van der Waals surface area contributed by atoms with E-state index in [9.17, 15) is 4.79 Å². The maximum Gasteiger partial charge on any atom is 0.277 e. The van der Waals surface area contributed by atoms with Crippen LogP contribution in [0.2, 0.25) is 5.02 Å². The predicted octanol–water partition coefficient (Wildman–Crippen LogP) is 1.76. The lowest BCUT2D eigenvalue weighted by Gasteiger charge is -2.14. The van der Waals surface area contributed by atoms with Crippen molar-refractivity contribution in [1.29, 1.82) is 0 Å². The molecule has 1 aliphatic heterocycles. The second-order valence-electron chi connectivity index (χ2n) is 5.31. The molecule has 1 saturated heterocycles. The third-order valence-corrected chi connectivity index (χ3v) is 3.80. The Morgan fingerprint density at radius 2 is 2.24 bits per heavy atom. The molecule has 0 bridgehead atoms. The number of hydrogen-bond donors (Lipinski definition) is 1. The molecule has 25 heavy (non-hydrogen) atoms. The van der Waals surface area contributed by atoms with Gasteiger partial charge in [-0.2, -0.15) is 9.89 Å². The van der Waals surface area contributed by atoms with Gasteiger partial charge in [0.2, 0.25) is 0 Å². The number of nitrogens with one attached hydrogen (secondary N) is 1. The maximum atomic E-state index is 12.3. The number of aromatic nitrogens is 4. The van der Waals surface area contributed by atoms with Crippen molar-refractivity contribution in [3.8, 4) is 11.5 Å². The Labute approximate surface area is 147 Å². The number of anilines is 1. The number of nitrogens with zero attached hydrogens (tertiary/aromatic N) is 5. The number of halogens is 1. The first kappa shape index (κ1) is 15.6. The van der Waals surface area contributed by atoms with Crippen LogP contribution in [0.3, 0.4) is 0 Å². The Morgan fingerprint density at radius 3 is 3.00 bits per heavy atom. The maximum absolute atomic E-state index is 12.3. The van der Waals surface area contributed by atoms with Gasteiger partial charge in [0.15, 0.2) is 11.5 Å². The number of rotatable bonds is 4. The summed E-state index contributed by atoms with van der Waals surface area (Å²) in [5.41, 5.74) is 1.23. The van der Waals surface area contributed by atoms with E-state index in [0.29, 0.717) is 35.5 Å². The summed E-state index contributed by atoms with van der Waals surface area (Å²) in [6.07, 6.45) is 4.75. The highest BCUT2D eigenvalue weighted by Gasteiger charge is 2.17. The Balaban J connectivity index is 1.45. The van der Waals surface area contributed by atoms with Crippen LogP contribution in [-0.4, -0.2) is 45.8 Å². The zero-order chi connectivity index (χ0) is 17.2. The molecule has 0 radical (unpaired) electrons. The number of ether oxygens (including phenoxy) is 1. The van der Waals surface area contributed by atoms with E-state index >= 15 is 0 Å². The summed E-state index contributed by atoms with van der Waals surface area (Å²) in [5, 5.41) is 13.1. The van der Waals surface area contributed by atoms with Crippen LogP contribution in [0.15, 0.2) is 41.3 Å². The molecule has 0 saturated carbocycles. The molecule has 1 fully saturated rings. The monoisotopic (exact) mass is 360 g/mol. The van der Waals surface area contributed by atoms with Crippen LogP contribution in [0.25, 0.3) is 11.5 Å². The molecule has 1 aliphatic rings. The molecule has 0 atom stereocenters. The minimum atomic E-state index is -0.402. The molecule has 0 aliphatic carbocycles. The third kappa shape index (κ3) is 3.32. The predicted molar refractivity (Wildman–Crippen MR) is 88.8 cm³/mol. The Morgan fingerprint density at radius 1 is 1.32 bits per heavy atom. The van der Waals surface area contributed by atoms with Gasteiger partial charge in [0.1, 0.15) is 12.4 Å². The average molecular weight is 361 g/mol. The van der Waals surface area contributed by atoms with Gasteiger partial charge < -0.3 is 14.6 Å². The van der Waals surface area contributed by atoms with E-state index in [0.717, 1.165) is 6.54 Å². The SMILES string of the molecule is O=C(Nc1cnn(N2CCOC2)c1)c1cc(-c2ccc(Cl)cn2)on1. The van der Waals surface area contributed by atoms with Gasteiger partial charge in [0.25, 0.3) is 5.91 Å². The highest BCUT2D eigenvalue weighted by atomic mass is 35.5. The molecule has 3 aromatic heterocycles. The smallest absolute Gasteiger partial charge is 0.277 e. The molecule has 128 valence electrons. The summed E-state index contributed by atoms with van der Waals surface area (Å²) in [7, 11) is 0. The van der Waals surface area contributed by atoms with Crippen LogP contribution >= 0.6 is 11.6 Å². The Hall–Kier alpha value is -2.91. The van der Waals surface area contributed by atoms with Gasteiger partial charge in [-0.25, -0.2) is 0 Å². The van der Waals surface area contributed by atoms with Gasteiger partial charge >= 0.3 is 0 Å². The summed E-state index contributed by atoms with van der Waals surface area (Å²) in [4.78, 5) is 18.1. The molecular weight excluding hydrogens is 348 g/mol. The Bertz CT molecular complexity index is 885. The largest absolute Gasteiger partial charge is 0.358 e. The quantitative estimate of drug-likeness (QED) is 0.756. The molecule has 0 aromatic carbocycles. The first-order valence-corrected chi connectivity index (χ1v) is 7.84. The van der Waals surface area contributed by atoms with Crippen LogP contribution < -0.4 is 10.3 Å². The summed E-state index contributed by atoms with van der Waals surface area (Å²) in [6.45, 7) is 1.87. The number of hydrogen-bond acceptors (Lipinski definition) is 7. The molecule has 9 nitrogen and oxygen atoms in total. The van der Waals surface area contributed by atoms with Crippen LogP contribution in [0.5, 0.6) is 0 Å². The molecule has 1 amide bonds.